The van der Waals surface area contributed by atoms with E-state index in [1.807, 2.05) is 53.1 Å². The fraction of sp³-hybridized carbons (Fsp3) is 0.0500. The fourth-order valence-electron chi connectivity index (χ4n) is 2.70. The van der Waals surface area contributed by atoms with Crippen molar-refractivity contribution in [2.75, 3.05) is 0 Å². The highest BCUT2D eigenvalue weighted by molar-refractivity contribution is 6.33. The molecule has 4 rings (SSSR count). The van der Waals surface area contributed by atoms with E-state index in [-0.39, 0.29) is 18.2 Å². The van der Waals surface area contributed by atoms with Crippen molar-refractivity contribution >= 4 is 17.5 Å². The van der Waals surface area contributed by atoms with Gasteiger partial charge in [0.1, 0.15) is 12.1 Å². The normalized spacial score (nSPS) is 10.7. The summed E-state index contributed by atoms with van der Waals surface area (Å²) in [5, 5.41) is 11.4. The van der Waals surface area contributed by atoms with E-state index in [9.17, 15) is 4.79 Å². The van der Waals surface area contributed by atoms with Crippen molar-refractivity contribution in [3.05, 3.63) is 89.7 Å². The van der Waals surface area contributed by atoms with E-state index in [0.29, 0.717) is 16.6 Å². The summed E-state index contributed by atoms with van der Waals surface area (Å²) in [5.74, 6) is 1.03. The van der Waals surface area contributed by atoms with Gasteiger partial charge < -0.3 is 9.73 Å². The lowest BCUT2D eigenvalue weighted by Gasteiger charge is -2.07. The number of furan rings is 1. The number of hydrogen-bond donors (Lipinski definition) is 1. The third kappa shape index (κ3) is 3.61. The Morgan fingerprint density at radius 2 is 1.81 bits per heavy atom. The number of nitrogens with zero attached hydrogens (tertiary/aromatic N) is 3. The molecule has 27 heavy (non-hydrogen) atoms. The molecule has 0 spiro atoms. The molecule has 134 valence electrons. The summed E-state index contributed by atoms with van der Waals surface area (Å²) in [7, 11) is 0. The first-order chi connectivity index (χ1) is 13.2. The zero-order valence-electron chi connectivity index (χ0n) is 14.2. The van der Waals surface area contributed by atoms with Gasteiger partial charge in [-0.05, 0) is 36.4 Å². The Balaban J connectivity index is 1.47. The van der Waals surface area contributed by atoms with Gasteiger partial charge in [-0.25, -0.2) is 0 Å². The lowest BCUT2D eigenvalue weighted by molar-refractivity contribution is 0.0923. The van der Waals surface area contributed by atoms with Crippen LogP contribution in [0.25, 0.3) is 17.0 Å². The summed E-state index contributed by atoms with van der Waals surface area (Å²) in [5.41, 5.74) is 1.66. The van der Waals surface area contributed by atoms with Crippen LogP contribution < -0.4 is 5.32 Å². The number of para-hydroxylation sites is 1. The maximum atomic E-state index is 12.4. The zero-order valence-corrected chi connectivity index (χ0v) is 14.9. The minimum Gasteiger partial charge on any atom is -0.451 e. The summed E-state index contributed by atoms with van der Waals surface area (Å²) >= 11 is 6.17. The number of nitrogens with one attached hydrogen (secondary N) is 1. The van der Waals surface area contributed by atoms with Crippen LogP contribution in [-0.2, 0) is 6.54 Å². The largest absolute Gasteiger partial charge is 0.451 e. The molecule has 7 heteroatoms. The molecule has 0 unspecified atom stereocenters. The molecule has 0 aliphatic rings. The maximum Gasteiger partial charge on any atom is 0.287 e. The molecule has 2 heterocycles. The molecule has 1 N–H and O–H groups in total. The van der Waals surface area contributed by atoms with Crippen molar-refractivity contribution in [1.82, 2.24) is 20.1 Å². The second kappa shape index (κ2) is 7.47. The second-order valence-corrected chi connectivity index (χ2v) is 6.19. The van der Waals surface area contributed by atoms with E-state index in [1.165, 1.54) is 0 Å². The van der Waals surface area contributed by atoms with Gasteiger partial charge in [-0.15, -0.1) is 10.2 Å². The predicted molar refractivity (Wildman–Crippen MR) is 102 cm³/mol. The highest BCUT2D eigenvalue weighted by atomic mass is 35.5. The van der Waals surface area contributed by atoms with Crippen molar-refractivity contribution in [2.45, 2.75) is 6.54 Å². The van der Waals surface area contributed by atoms with Crippen molar-refractivity contribution in [1.29, 1.82) is 0 Å². The third-order valence-corrected chi connectivity index (χ3v) is 4.36. The van der Waals surface area contributed by atoms with Crippen LogP contribution in [0.2, 0.25) is 5.02 Å². The summed E-state index contributed by atoms with van der Waals surface area (Å²) < 4.78 is 7.47. The van der Waals surface area contributed by atoms with Crippen LogP contribution in [0, 0.1) is 0 Å². The molecular weight excluding hydrogens is 364 g/mol. The summed E-state index contributed by atoms with van der Waals surface area (Å²) in [6, 6.07) is 20.3. The lowest BCUT2D eigenvalue weighted by atomic mass is 10.2. The number of halogens is 1. The average molecular weight is 379 g/mol. The Morgan fingerprint density at radius 1 is 1.04 bits per heavy atom. The zero-order chi connectivity index (χ0) is 18.6. The van der Waals surface area contributed by atoms with E-state index >= 15 is 0 Å². The van der Waals surface area contributed by atoms with Gasteiger partial charge in [-0.1, -0.05) is 41.9 Å². The predicted octanol–water partition coefficient (Wildman–Crippen LogP) is 4.11. The molecule has 0 aliphatic heterocycles. The second-order valence-electron chi connectivity index (χ2n) is 5.78. The van der Waals surface area contributed by atoms with Crippen LogP contribution in [0.15, 0.2) is 77.5 Å². The van der Waals surface area contributed by atoms with Crippen molar-refractivity contribution < 1.29 is 9.21 Å². The SMILES string of the molecule is O=C(NCc1nncn1-c1ccccc1)c1ccc(-c2ccccc2Cl)o1. The molecule has 0 bridgehead atoms. The van der Waals surface area contributed by atoms with Crippen molar-refractivity contribution in [3.63, 3.8) is 0 Å². The smallest absolute Gasteiger partial charge is 0.287 e. The van der Waals surface area contributed by atoms with E-state index in [4.69, 9.17) is 16.0 Å². The maximum absolute atomic E-state index is 12.4. The minimum absolute atomic E-state index is 0.204. The standard InChI is InChI=1S/C20H15ClN4O2/c21-16-9-5-4-8-15(16)17-10-11-18(27-17)20(26)22-12-19-24-23-13-25(19)14-6-2-1-3-7-14/h1-11,13H,12H2,(H,22,26). The number of carbonyl (C=O) groups is 1. The molecule has 0 radical (unpaired) electrons. The van der Waals surface area contributed by atoms with Crippen molar-refractivity contribution in [3.8, 4) is 17.0 Å². The molecule has 6 nitrogen and oxygen atoms in total. The minimum atomic E-state index is -0.337. The number of rotatable bonds is 5. The first-order valence-corrected chi connectivity index (χ1v) is 8.67. The molecule has 0 atom stereocenters. The van der Waals surface area contributed by atoms with Gasteiger partial charge in [0.05, 0.1) is 11.6 Å². The van der Waals surface area contributed by atoms with E-state index < -0.39 is 0 Å². The Kier molecular flexibility index (Phi) is 4.72. The monoisotopic (exact) mass is 378 g/mol. The number of hydrogen-bond acceptors (Lipinski definition) is 4. The highest BCUT2D eigenvalue weighted by Crippen LogP contribution is 2.29. The molecule has 4 aromatic rings. The average Bonchev–Trinajstić information content (AvgIpc) is 3.37. The van der Waals surface area contributed by atoms with Crippen LogP contribution in [0.1, 0.15) is 16.4 Å². The fourth-order valence-corrected chi connectivity index (χ4v) is 2.92. The number of amides is 1. The van der Waals surface area contributed by atoms with Gasteiger partial charge in [0.15, 0.2) is 11.6 Å². The van der Waals surface area contributed by atoms with Gasteiger partial charge in [0.25, 0.3) is 5.91 Å². The summed E-state index contributed by atoms with van der Waals surface area (Å²) in [6.07, 6.45) is 1.61. The molecule has 2 aromatic carbocycles. The van der Waals surface area contributed by atoms with Gasteiger partial charge >= 0.3 is 0 Å². The van der Waals surface area contributed by atoms with Gasteiger partial charge in [-0.2, -0.15) is 0 Å². The molecule has 0 aliphatic carbocycles. The van der Waals surface area contributed by atoms with Crippen LogP contribution in [0.4, 0.5) is 0 Å². The van der Waals surface area contributed by atoms with Crippen LogP contribution in [0.5, 0.6) is 0 Å². The quantitative estimate of drug-likeness (QED) is 0.567. The van der Waals surface area contributed by atoms with Gasteiger partial charge in [0.2, 0.25) is 0 Å². The summed E-state index contributed by atoms with van der Waals surface area (Å²) in [6.45, 7) is 0.218. The Morgan fingerprint density at radius 3 is 2.63 bits per heavy atom. The lowest BCUT2D eigenvalue weighted by Crippen LogP contribution is -2.24. The number of aromatic nitrogens is 3. The van der Waals surface area contributed by atoms with Crippen LogP contribution >= 0.6 is 11.6 Å². The third-order valence-electron chi connectivity index (χ3n) is 4.03. The molecule has 2 aromatic heterocycles. The van der Waals surface area contributed by atoms with E-state index in [1.54, 1.807) is 24.5 Å². The van der Waals surface area contributed by atoms with Gasteiger partial charge in [-0.3, -0.25) is 9.36 Å². The molecule has 0 saturated heterocycles. The Labute approximate surface area is 160 Å². The summed E-state index contributed by atoms with van der Waals surface area (Å²) in [4.78, 5) is 12.4. The highest BCUT2D eigenvalue weighted by Gasteiger charge is 2.15. The molecule has 0 saturated carbocycles. The van der Waals surface area contributed by atoms with Gasteiger partial charge in [0, 0.05) is 11.3 Å². The van der Waals surface area contributed by atoms with Crippen molar-refractivity contribution in [2.24, 2.45) is 0 Å². The molecule has 0 fully saturated rings. The van der Waals surface area contributed by atoms with Crippen LogP contribution in [-0.4, -0.2) is 20.7 Å². The van der Waals surface area contributed by atoms with Crippen LogP contribution in [0.3, 0.4) is 0 Å². The van der Waals surface area contributed by atoms with E-state index in [0.717, 1.165) is 11.3 Å². The number of carbonyl (C=O) groups excluding carboxylic acids is 1. The number of benzene rings is 2. The molecule has 1 amide bonds. The first-order valence-electron chi connectivity index (χ1n) is 8.29. The van der Waals surface area contributed by atoms with E-state index in [2.05, 4.69) is 15.5 Å². The Bertz CT molecular complexity index is 1070. The Hall–Kier alpha value is -3.38. The topological polar surface area (TPSA) is 73.0 Å². The first kappa shape index (κ1) is 17.1. The molecular formula is C20H15ClN4O2.